The first-order chi connectivity index (χ1) is 8.69. The third-order valence-electron chi connectivity index (χ3n) is 2.53. The van der Waals surface area contributed by atoms with Crippen LogP contribution in [-0.2, 0) is 13.6 Å². The van der Waals surface area contributed by atoms with E-state index in [1.807, 2.05) is 19.3 Å². The topological polar surface area (TPSA) is 64.7 Å². The van der Waals surface area contributed by atoms with Crippen molar-refractivity contribution in [3.63, 3.8) is 0 Å². The fourth-order valence-corrected chi connectivity index (χ4v) is 1.62. The molecular formula is C12H17N5O. The van der Waals surface area contributed by atoms with E-state index in [1.165, 1.54) is 4.68 Å². The summed E-state index contributed by atoms with van der Waals surface area (Å²) in [6.45, 7) is 3.31. The van der Waals surface area contributed by atoms with Crippen LogP contribution in [0.3, 0.4) is 0 Å². The maximum atomic E-state index is 11.8. The number of rotatable bonds is 5. The molecule has 0 bridgehead atoms. The van der Waals surface area contributed by atoms with Crippen LogP contribution in [0.15, 0.2) is 29.3 Å². The second-order valence-corrected chi connectivity index (χ2v) is 4.15. The summed E-state index contributed by atoms with van der Waals surface area (Å²) < 4.78 is 3.11. The zero-order valence-corrected chi connectivity index (χ0v) is 10.6. The van der Waals surface area contributed by atoms with Gasteiger partial charge in [0.05, 0.1) is 24.1 Å². The Morgan fingerprint density at radius 2 is 2.28 bits per heavy atom. The maximum absolute atomic E-state index is 11.8. The summed E-state index contributed by atoms with van der Waals surface area (Å²) in [4.78, 5) is 11.8. The van der Waals surface area contributed by atoms with E-state index in [4.69, 9.17) is 0 Å². The average molecular weight is 247 g/mol. The van der Waals surface area contributed by atoms with Crippen molar-refractivity contribution in [3.05, 3.63) is 40.6 Å². The van der Waals surface area contributed by atoms with Crippen molar-refractivity contribution in [1.29, 1.82) is 0 Å². The molecule has 0 aliphatic rings. The van der Waals surface area contributed by atoms with E-state index in [0.717, 1.165) is 24.3 Å². The lowest BCUT2D eigenvalue weighted by atomic mass is 10.4. The summed E-state index contributed by atoms with van der Waals surface area (Å²) in [5.74, 6) is 0. The fourth-order valence-electron chi connectivity index (χ4n) is 1.62. The van der Waals surface area contributed by atoms with E-state index in [-0.39, 0.29) is 5.56 Å². The highest BCUT2D eigenvalue weighted by atomic mass is 16.1. The van der Waals surface area contributed by atoms with Gasteiger partial charge in [0.15, 0.2) is 0 Å². The highest BCUT2D eigenvalue weighted by molar-refractivity contribution is 5.38. The molecule has 2 rings (SSSR count). The molecule has 0 aliphatic carbocycles. The Labute approximate surface area is 105 Å². The number of hydrogen-bond donors (Lipinski definition) is 1. The molecule has 0 fully saturated rings. The second-order valence-electron chi connectivity index (χ2n) is 4.15. The Morgan fingerprint density at radius 1 is 1.44 bits per heavy atom. The van der Waals surface area contributed by atoms with Crippen LogP contribution in [0.5, 0.6) is 0 Å². The number of anilines is 1. The summed E-state index contributed by atoms with van der Waals surface area (Å²) >= 11 is 0. The van der Waals surface area contributed by atoms with Crippen molar-refractivity contribution in [2.24, 2.45) is 7.05 Å². The molecule has 0 unspecified atom stereocenters. The minimum absolute atomic E-state index is 0.123. The van der Waals surface area contributed by atoms with Crippen LogP contribution < -0.4 is 10.9 Å². The fraction of sp³-hybridized carbons (Fsp3) is 0.417. The van der Waals surface area contributed by atoms with Gasteiger partial charge in [-0.05, 0) is 12.5 Å². The van der Waals surface area contributed by atoms with Gasteiger partial charge in [-0.3, -0.25) is 9.48 Å². The Bertz CT molecular complexity index is 572. The Morgan fingerprint density at radius 3 is 2.89 bits per heavy atom. The Balaban J connectivity index is 2.12. The first-order valence-corrected chi connectivity index (χ1v) is 5.98. The molecule has 0 saturated carbocycles. The third-order valence-corrected chi connectivity index (χ3v) is 2.53. The number of nitrogens with zero attached hydrogens (tertiary/aromatic N) is 4. The van der Waals surface area contributed by atoms with E-state index < -0.39 is 0 Å². The predicted octanol–water partition coefficient (Wildman–Crippen LogP) is 0.847. The largest absolute Gasteiger partial charge is 0.384 e. The number of aryl methyl sites for hydroxylation is 1. The molecule has 1 N–H and O–H groups in total. The van der Waals surface area contributed by atoms with Gasteiger partial charge in [-0.15, -0.1) is 0 Å². The van der Waals surface area contributed by atoms with Gasteiger partial charge < -0.3 is 5.32 Å². The van der Waals surface area contributed by atoms with Gasteiger partial charge in [-0.25, -0.2) is 4.68 Å². The van der Waals surface area contributed by atoms with E-state index in [1.54, 1.807) is 16.9 Å². The third kappa shape index (κ3) is 2.97. The summed E-state index contributed by atoms with van der Waals surface area (Å²) in [5, 5.41) is 11.5. The van der Waals surface area contributed by atoms with Gasteiger partial charge in [0.2, 0.25) is 0 Å². The van der Waals surface area contributed by atoms with Crippen LogP contribution in [0.1, 0.15) is 19.0 Å². The molecule has 0 amide bonds. The van der Waals surface area contributed by atoms with E-state index in [9.17, 15) is 4.79 Å². The zero-order chi connectivity index (χ0) is 13.0. The Kier molecular flexibility index (Phi) is 3.76. The van der Waals surface area contributed by atoms with Crippen molar-refractivity contribution in [1.82, 2.24) is 19.6 Å². The van der Waals surface area contributed by atoms with Crippen molar-refractivity contribution < 1.29 is 0 Å². The molecule has 2 aromatic heterocycles. The predicted molar refractivity (Wildman–Crippen MR) is 69.6 cm³/mol. The maximum Gasteiger partial charge on any atom is 0.269 e. The highest BCUT2D eigenvalue weighted by Gasteiger charge is 2.03. The molecule has 96 valence electrons. The van der Waals surface area contributed by atoms with Crippen molar-refractivity contribution in [3.8, 4) is 0 Å². The molecule has 0 atom stereocenters. The number of hydrogen-bond acceptors (Lipinski definition) is 4. The summed E-state index contributed by atoms with van der Waals surface area (Å²) in [7, 11) is 1.84. The molecule has 0 saturated heterocycles. The van der Waals surface area contributed by atoms with Crippen LogP contribution in [-0.4, -0.2) is 26.1 Å². The van der Waals surface area contributed by atoms with Gasteiger partial charge in [-0.2, -0.15) is 10.2 Å². The lowest BCUT2D eigenvalue weighted by molar-refractivity contribution is 0.615. The zero-order valence-electron chi connectivity index (χ0n) is 10.6. The van der Waals surface area contributed by atoms with Crippen molar-refractivity contribution >= 4 is 5.69 Å². The lowest BCUT2D eigenvalue weighted by Crippen LogP contribution is -2.23. The van der Waals surface area contributed by atoms with Crippen LogP contribution in [0.2, 0.25) is 0 Å². The second kappa shape index (κ2) is 5.48. The minimum atomic E-state index is -0.123. The highest BCUT2D eigenvalue weighted by Crippen LogP contribution is 2.01. The first-order valence-electron chi connectivity index (χ1n) is 5.98. The normalized spacial score (nSPS) is 10.6. The molecule has 0 spiro atoms. The molecule has 6 heteroatoms. The van der Waals surface area contributed by atoms with Gasteiger partial charge in [0, 0.05) is 25.9 Å². The molecule has 6 nitrogen and oxygen atoms in total. The summed E-state index contributed by atoms with van der Waals surface area (Å²) in [6.07, 6.45) is 4.52. The van der Waals surface area contributed by atoms with Gasteiger partial charge >= 0.3 is 0 Å². The number of nitrogens with one attached hydrogen (secondary N) is 1. The van der Waals surface area contributed by atoms with Crippen LogP contribution in [0.25, 0.3) is 0 Å². The molecule has 18 heavy (non-hydrogen) atoms. The molecular weight excluding hydrogens is 230 g/mol. The summed E-state index contributed by atoms with van der Waals surface area (Å²) in [6, 6.07) is 3.43. The standard InChI is InChI=1S/C12H17N5O/c1-3-5-13-11-7-12(18)17(14-8-11)9-10-4-6-16(2)15-10/h4,6-8,13H,3,5,9H2,1-2H3. The van der Waals surface area contributed by atoms with Crippen LogP contribution in [0, 0.1) is 0 Å². The van der Waals surface area contributed by atoms with Gasteiger partial charge in [-0.1, -0.05) is 6.92 Å². The van der Waals surface area contributed by atoms with E-state index in [2.05, 4.69) is 22.4 Å². The monoisotopic (exact) mass is 247 g/mol. The van der Waals surface area contributed by atoms with Crippen LogP contribution in [0.4, 0.5) is 5.69 Å². The quantitative estimate of drug-likeness (QED) is 0.850. The lowest BCUT2D eigenvalue weighted by Gasteiger charge is -2.06. The van der Waals surface area contributed by atoms with Crippen LogP contribution >= 0.6 is 0 Å². The first kappa shape index (κ1) is 12.3. The number of aromatic nitrogens is 4. The molecule has 0 aliphatic heterocycles. The molecule has 2 heterocycles. The molecule has 0 radical (unpaired) electrons. The molecule has 0 aromatic carbocycles. The minimum Gasteiger partial charge on any atom is -0.384 e. The summed E-state index contributed by atoms with van der Waals surface area (Å²) in [5.41, 5.74) is 1.46. The average Bonchev–Trinajstić information content (AvgIpc) is 2.75. The SMILES string of the molecule is CCCNc1cnn(Cc2ccn(C)n2)c(=O)c1. The molecule has 2 aromatic rings. The van der Waals surface area contributed by atoms with Gasteiger partial charge in [0.1, 0.15) is 0 Å². The van der Waals surface area contributed by atoms with Gasteiger partial charge in [0.25, 0.3) is 5.56 Å². The van der Waals surface area contributed by atoms with E-state index >= 15 is 0 Å². The van der Waals surface area contributed by atoms with E-state index in [0.29, 0.717) is 6.54 Å². The smallest absolute Gasteiger partial charge is 0.269 e. The van der Waals surface area contributed by atoms with Crippen molar-refractivity contribution in [2.45, 2.75) is 19.9 Å². The Hall–Kier alpha value is -2.11. The van der Waals surface area contributed by atoms with Crippen molar-refractivity contribution in [2.75, 3.05) is 11.9 Å².